The Morgan fingerprint density at radius 2 is 1.69 bits per heavy atom. The van der Waals surface area contributed by atoms with Gasteiger partial charge in [-0.1, -0.05) is 0 Å². The second-order valence-corrected chi connectivity index (χ2v) is 6.35. The normalized spacial score (nSPS) is 10.9. The van der Waals surface area contributed by atoms with E-state index in [0.717, 1.165) is 27.9 Å². The molecule has 0 unspecified atom stereocenters. The third kappa shape index (κ3) is 3.72. The number of aliphatic hydroxyl groups excluding tert-OH is 1. The summed E-state index contributed by atoms with van der Waals surface area (Å²) in [6.07, 6.45) is 5.09. The Balaban J connectivity index is 2.03. The molecule has 0 spiro atoms. The third-order valence-corrected chi connectivity index (χ3v) is 4.57. The molecule has 3 heterocycles. The quantitative estimate of drug-likeness (QED) is 0.542. The second kappa shape index (κ2) is 8.20. The molecule has 0 saturated heterocycles. The first kappa shape index (κ1) is 18.8. The average Bonchev–Trinajstić information content (AvgIpc) is 3.14. The second-order valence-electron chi connectivity index (χ2n) is 6.35. The Morgan fingerprint density at radius 1 is 0.966 bits per heavy atom. The highest BCUT2D eigenvalue weighted by Crippen LogP contribution is 2.40. The van der Waals surface area contributed by atoms with Gasteiger partial charge in [0.2, 0.25) is 5.88 Å². The van der Waals surface area contributed by atoms with Gasteiger partial charge in [-0.05, 0) is 48.0 Å². The minimum Gasteiger partial charge on any atom is -0.481 e. The fraction of sp³-hybridized carbons (Fsp3) is 0.136. The van der Waals surface area contributed by atoms with Crippen molar-refractivity contribution in [1.82, 2.24) is 19.7 Å². The molecule has 0 bridgehead atoms. The van der Waals surface area contributed by atoms with E-state index in [1.165, 1.54) is 12.1 Å². The third-order valence-electron chi connectivity index (χ3n) is 4.57. The van der Waals surface area contributed by atoms with Crippen LogP contribution in [0.2, 0.25) is 0 Å². The highest BCUT2D eigenvalue weighted by molar-refractivity contribution is 5.91. The highest BCUT2D eigenvalue weighted by atomic mass is 19.1. The van der Waals surface area contributed by atoms with Crippen LogP contribution < -0.4 is 4.74 Å². The van der Waals surface area contributed by atoms with E-state index in [0.29, 0.717) is 18.1 Å². The van der Waals surface area contributed by atoms with Crippen molar-refractivity contribution in [3.05, 3.63) is 72.9 Å². The van der Waals surface area contributed by atoms with Crippen molar-refractivity contribution in [2.75, 3.05) is 13.7 Å². The van der Waals surface area contributed by atoms with Crippen LogP contribution in [-0.2, 0) is 6.54 Å². The predicted molar refractivity (Wildman–Crippen MR) is 108 cm³/mol. The molecule has 6 nitrogen and oxygen atoms in total. The van der Waals surface area contributed by atoms with Crippen LogP contribution in [0.25, 0.3) is 33.6 Å². The van der Waals surface area contributed by atoms with Gasteiger partial charge in [0.15, 0.2) is 0 Å². The van der Waals surface area contributed by atoms with Gasteiger partial charge in [0.05, 0.1) is 26.0 Å². The first-order valence-electron chi connectivity index (χ1n) is 9.09. The number of aromatic nitrogens is 4. The van der Waals surface area contributed by atoms with Crippen LogP contribution in [0.15, 0.2) is 67.1 Å². The number of pyridine rings is 2. The summed E-state index contributed by atoms with van der Waals surface area (Å²) in [7, 11) is 1.56. The Hall–Kier alpha value is -3.58. The van der Waals surface area contributed by atoms with Crippen LogP contribution >= 0.6 is 0 Å². The van der Waals surface area contributed by atoms with Crippen molar-refractivity contribution in [3.63, 3.8) is 0 Å². The smallest absolute Gasteiger partial charge is 0.213 e. The van der Waals surface area contributed by atoms with Crippen molar-refractivity contribution in [1.29, 1.82) is 0 Å². The summed E-state index contributed by atoms with van der Waals surface area (Å²) in [4.78, 5) is 8.29. The molecule has 1 N–H and O–H groups in total. The minimum atomic E-state index is -0.312. The Morgan fingerprint density at radius 3 is 2.38 bits per heavy atom. The lowest BCUT2D eigenvalue weighted by Gasteiger charge is -2.10. The topological polar surface area (TPSA) is 73.1 Å². The Bertz CT molecular complexity index is 1110. The SMILES string of the molecule is COc1cc(-c2c(-c3ccncc3)c(-c3ccc(F)cc3)nn2CCO)ccn1. The van der Waals surface area contributed by atoms with Crippen molar-refractivity contribution < 1.29 is 14.2 Å². The number of halogens is 1. The maximum absolute atomic E-state index is 13.5. The fourth-order valence-electron chi connectivity index (χ4n) is 3.28. The lowest BCUT2D eigenvalue weighted by atomic mass is 9.97. The highest BCUT2D eigenvalue weighted by Gasteiger charge is 2.22. The number of methoxy groups -OCH3 is 1. The molecule has 0 fully saturated rings. The molecule has 0 saturated carbocycles. The van der Waals surface area contributed by atoms with Gasteiger partial charge in [0.1, 0.15) is 11.5 Å². The van der Waals surface area contributed by atoms with E-state index >= 15 is 0 Å². The van der Waals surface area contributed by atoms with Gasteiger partial charge in [-0.3, -0.25) is 9.67 Å². The molecule has 4 aromatic rings. The number of nitrogens with zero attached hydrogens (tertiary/aromatic N) is 4. The fourth-order valence-corrected chi connectivity index (χ4v) is 3.28. The van der Waals surface area contributed by atoms with Crippen molar-refractivity contribution in [2.24, 2.45) is 0 Å². The van der Waals surface area contributed by atoms with Gasteiger partial charge in [-0.2, -0.15) is 5.10 Å². The molecular weight excluding hydrogens is 371 g/mol. The zero-order chi connectivity index (χ0) is 20.2. The number of hydrogen-bond acceptors (Lipinski definition) is 5. The van der Waals surface area contributed by atoms with E-state index in [-0.39, 0.29) is 12.4 Å². The first-order chi connectivity index (χ1) is 14.2. The molecule has 0 aliphatic rings. The molecule has 146 valence electrons. The molecule has 3 aromatic heterocycles. The van der Waals surface area contributed by atoms with Crippen LogP contribution in [0.4, 0.5) is 4.39 Å². The molecule has 29 heavy (non-hydrogen) atoms. The Kier molecular flexibility index (Phi) is 5.31. The zero-order valence-corrected chi connectivity index (χ0v) is 15.8. The zero-order valence-electron chi connectivity index (χ0n) is 15.8. The molecule has 0 amide bonds. The number of ether oxygens (including phenoxy) is 1. The molecule has 0 atom stereocenters. The van der Waals surface area contributed by atoms with Crippen molar-refractivity contribution in [3.8, 4) is 39.5 Å². The average molecular weight is 390 g/mol. The summed E-state index contributed by atoms with van der Waals surface area (Å²) in [6, 6.07) is 13.7. The van der Waals surface area contributed by atoms with Crippen LogP contribution in [0.5, 0.6) is 5.88 Å². The van der Waals surface area contributed by atoms with E-state index in [2.05, 4.69) is 9.97 Å². The molecule has 0 radical (unpaired) electrons. The van der Waals surface area contributed by atoms with E-state index in [1.807, 2.05) is 24.3 Å². The van der Waals surface area contributed by atoms with Crippen molar-refractivity contribution >= 4 is 0 Å². The predicted octanol–water partition coefficient (Wildman–Crippen LogP) is 3.81. The van der Waals surface area contributed by atoms with Crippen molar-refractivity contribution in [2.45, 2.75) is 6.54 Å². The van der Waals surface area contributed by atoms with Crippen LogP contribution in [0, 0.1) is 5.82 Å². The molecule has 0 aliphatic carbocycles. The summed E-state index contributed by atoms with van der Waals surface area (Å²) in [5, 5.41) is 14.4. The Labute approximate surface area is 167 Å². The van der Waals surface area contributed by atoms with Gasteiger partial charge < -0.3 is 9.84 Å². The number of hydrogen-bond donors (Lipinski definition) is 1. The molecule has 1 aromatic carbocycles. The lowest BCUT2D eigenvalue weighted by molar-refractivity contribution is 0.270. The van der Waals surface area contributed by atoms with Gasteiger partial charge in [-0.25, -0.2) is 9.37 Å². The van der Waals surface area contributed by atoms with Crippen LogP contribution in [0.3, 0.4) is 0 Å². The summed E-state index contributed by atoms with van der Waals surface area (Å²) in [5.74, 6) is 0.163. The maximum atomic E-state index is 13.5. The minimum absolute atomic E-state index is 0.0739. The van der Waals surface area contributed by atoms with Gasteiger partial charge >= 0.3 is 0 Å². The maximum Gasteiger partial charge on any atom is 0.213 e. The standard InChI is InChI=1S/C22H19FN4O2/c1-29-19-14-17(8-11-25-19)22-20(15-6-9-24-10-7-15)21(26-27(22)12-13-28)16-2-4-18(23)5-3-16/h2-11,14,28H,12-13H2,1H3. The van der Waals surface area contributed by atoms with Crippen LogP contribution in [-0.4, -0.2) is 38.6 Å². The van der Waals surface area contributed by atoms with E-state index in [1.54, 1.807) is 42.5 Å². The first-order valence-corrected chi connectivity index (χ1v) is 9.09. The summed E-state index contributed by atoms with van der Waals surface area (Å²) in [5.41, 5.74) is 4.89. The van der Waals surface area contributed by atoms with E-state index < -0.39 is 0 Å². The van der Waals surface area contributed by atoms with Gasteiger partial charge in [-0.15, -0.1) is 0 Å². The molecule has 4 rings (SSSR count). The number of aliphatic hydroxyl groups is 1. The molecule has 0 aliphatic heterocycles. The lowest BCUT2D eigenvalue weighted by Crippen LogP contribution is -2.06. The number of rotatable bonds is 6. The summed E-state index contributed by atoms with van der Waals surface area (Å²) >= 11 is 0. The number of benzene rings is 1. The monoisotopic (exact) mass is 390 g/mol. The van der Waals surface area contributed by atoms with E-state index in [4.69, 9.17) is 9.84 Å². The van der Waals surface area contributed by atoms with Gasteiger partial charge in [0, 0.05) is 41.3 Å². The van der Waals surface area contributed by atoms with Gasteiger partial charge in [0.25, 0.3) is 0 Å². The van der Waals surface area contributed by atoms with Crippen LogP contribution in [0.1, 0.15) is 0 Å². The van der Waals surface area contributed by atoms with E-state index in [9.17, 15) is 9.50 Å². The summed E-state index contributed by atoms with van der Waals surface area (Å²) in [6.45, 7) is 0.231. The molecule has 7 heteroatoms. The summed E-state index contributed by atoms with van der Waals surface area (Å²) < 4.78 is 20.5. The molecular formula is C22H19FN4O2. The largest absolute Gasteiger partial charge is 0.481 e.